The molecule has 0 atom stereocenters. The third kappa shape index (κ3) is 3.97. The van der Waals surface area contributed by atoms with Gasteiger partial charge >= 0.3 is 0 Å². The highest BCUT2D eigenvalue weighted by Gasteiger charge is 1.79. The SMILES string of the molecule is C#CC(/C=C/CCC)=C/C. The second-order valence-corrected chi connectivity index (χ2v) is 2.08. The normalized spacial score (nSPS) is 11.9. The van der Waals surface area contributed by atoms with Gasteiger partial charge < -0.3 is 0 Å². The molecule has 0 radical (unpaired) electrons. The van der Waals surface area contributed by atoms with Crippen LogP contribution < -0.4 is 0 Å². The maximum atomic E-state index is 5.20. The lowest BCUT2D eigenvalue weighted by molar-refractivity contribution is 0.958. The van der Waals surface area contributed by atoms with Crippen molar-refractivity contribution in [1.29, 1.82) is 0 Å². The summed E-state index contributed by atoms with van der Waals surface area (Å²) in [5.74, 6) is 2.58. The van der Waals surface area contributed by atoms with Crippen molar-refractivity contribution in [2.45, 2.75) is 26.7 Å². The minimum atomic E-state index is 0.966. The van der Waals surface area contributed by atoms with E-state index in [0.29, 0.717) is 0 Å². The van der Waals surface area contributed by atoms with Crippen molar-refractivity contribution in [3.8, 4) is 12.3 Å². The van der Waals surface area contributed by atoms with Gasteiger partial charge in [0.25, 0.3) is 0 Å². The molecule has 0 unspecified atom stereocenters. The van der Waals surface area contributed by atoms with Crippen molar-refractivity contribution in [2.24, 2.45) is 0 Å². The lowest BCUT2D eigenvalue weighted by atomic mass is 10.2. The van der Waals surface area contributed by atoms with E-state index in [0.717, 1.165) is 12.0 Å². The van der Waals surface area contributed by atoms with E-state index in [1.165, 1.54) is 6.42 Å². The summed E-state index contributed by atoms with van der Waals surface area (Å²) in [6.07, 6.45) is 13.5. The Morgan fingerprint density at radius 1 is 1.60 bits per heavy atom. The molecule has 0 rings (SSSR count). The minimum absolute atomic E-state index is 0.966. The van der Waals surface area contributed by atoms with E-state index in [9.17, 15) is 0 Å². The third-order valence-electron chi connectivity index (χ3n) is 1.23. The molecule has 0 heteroatoms. The predicted octanol–water partition coefficient (Wildman–Crippen LogP) is 2.92. The van der Waals surface area contributed by atoms with Crippen LogP contribution in [0.15, 0.2) is 23.8 Å². The van der Waals surface area contributed by atoms with Crippen molar-refractivity contribution < 1.29 is 0 Å². The van der Waals surface area contributed by atoms with Crippen LogP contribution in [0.3, 0.4) is 0 Å². The summed E-state index contributed by atoms with van der Waals surface area (Å²) in [5, 5.41) is 0. The van der Waals surface area contributed by atoms with Crippen LogP contribution in [-0.2, 0) is 0 Å². The fourth-order valence-corrected chi connectivity index (χ4v) is 0.605. The Kier molecular flexibility index (Phi) is 5.57. The molecule has 0 N–H and O–H groups in total. The Labute approximate surface area is 63.6 Å². The molecule has 0 saturated heterocycles. The van der Waals surface area contributed by atoms with Gasteiger partial charge in [-0.1, -0.05) is 37.5 Å². The minimum Gasteiger partial charge on any atom is -0.115 e. The Morgan fingerprint density at radius 2 is 2.30 bits per heavy atom. The fourth-order valence-electron chi connectivity index (χ4n) is 0.605. The fraction of sp³-hybridized carbons (Fsp3) is 0.400. The first-order chi connectivity index (χ1) is 4.85. The Bertz CT molecular complexity index is 165. The standard InChI is InChI=1S/C10H14/c1-4-7-8-9-10(5-2)6-3/h2,6,8-9H,4,7H2,1,3H3/b9-8+,10-6-. The van der Waals surface area contributed by atoms with Gasteiger partial charge in [-0.3, -0.25) is 0 Å². The Morgan fingerprint density at radius 3 is 2.70 bits per heavy atom. The lowest BCUT2D eigenvalue weighted by Crippen LogP contribution is -1.68. The number of terminal acetylenes is 1. The highest BCUT2D eigenvalue weighted by molar-refractivity contribution is 5.35. The van der Waals surface area contributed by atoms with Gasteiger partial charge in [-0.15, -0.1) is 6.42 Å². The van der Waals surface area contributed by atoms with Crippen LogP contribution >= 0.6 is 0 Å². The summed E-state index contributed by atoms with van der Waals surface area (Å²) >= 11 is 0. The van der Waals surface area contributed by atoms with Crippen molar-refractivity contribution in [1.82, 2.24) is 0 Å². The summed E-state index contributed by atoms with van der Waals surface area (Å²) in [7, 11) is 0. The molecule has 0 aliphatic carbocycles. The quantitative estimate of drug-likeness (QED) is 0.411. The average Bonchev–Trinajstić information content (AvgIpc) is 1.99. The maximum absolute atomic E-state index is 5.20. The molecular weight excluding hydrogens is 120 g/mol. The van der Waals surface area contributed by atoms with E-state index in [4.69, 9.17) is 6.42 Å². The van der Waals surface area contributed by atoms with Crippen LogP contribution in [0.1, 0.15) is 26.7 Å². The van der Waals surface area contributed by atoms with Crippen LogP contribution in [-0.4, -0.2) is 0 Å². The number of rotatable bonds is 3. The van der Waals surface area contributed by atoms with Gasteiger partial charge in [-0.2, -0.15) is 0 Å². The first-order valence-corrected chi connectivity index (χ1v) is 3.64. The molecule has 0 saturated carbocycles. The number of hydrogen-bond acceptors (Lipinski definition) is 0. The molecule has 0 bridgehead atoms. The van der Waals surface area contributed by atoms with Gasteiger partial charge in [-0.05, 0) is 13.3 Å². The monoisotopic (exact) mass is 134 g/mol. The van der Waals surface area contributed by atoms with E-state index in [-0.39, 0.29) is 0 Å². The zero-order valence-electron chi connectivity index (χ0n) is 6.72. The predicted molar refractivity (Wildman–Crippen MR) is 46.6 cm³/mol. The summed E-state index contributed by atoms with van der Waals surface area (Å²) in [6.45, 7) is 4.10. The van der Waals surface area contributed by atoms with Gasteiger partial charge in [-0.25, -0.2) is 0 Å². The molecule has 54 valence electrons. The molecule has 0 spiro atoms. The van der Waals surface area contributed by atoms with Crippen molar-refractivity contribution >= 4 is 0 Å². The summed E-state index contributed by atoms with van der Waals surface area (Å²) in [6, 6.07) is 0. The van der Waals surface area contributed by atoms with Gasteiger partial charge in [0.1, 0.15) is 0 Å². The number of unbranched alkanes of at least 4 members (excludes halogenated alkanes) is 1. The smallest absolute Gasteiger partial charge is 0.0196 e. The summed E-state index contributed by atoms with van der Waals surface area (Å²) in [4.78, 5) is 0. The largest absolute Gasteiger partial charge is 0.115 e. The Balaban J connectivity index is 3.77. The molecule has 0 aliphatic rings. The van der Waals surface area contributed by atoms with Crippen molar-refractivity contribution in [3.05, 3.63) is 23.8 Å². The molecule has 0 fully saturated rings. The van der Waals surface area contributed by atoms with Gasteiger partial charge in [0.05, 0.1) is 0 Å². The topological polar surface area (TPSA) is 0 Å². The Hall–Kier alpha value is -0.960. The molecule has 0 amide bonds. The van der Waals surface area contributed by atoms with Crippen LogP contribution in [0.5, 0.6) is 0 Å². The summed E-state index contributed by atoms with van der Waals surface area (Å²) < 4.78 is 0. The van der Waals surface area contributed by atoms with Crippen LogP contribution in [0.25, 0.3) is 0 Å². The van der Waals surface area contributed by atoms with Crippen LogP contribution in [0, 0.1) is 12.3 Å². The van der Waals surface area contributed by atoms with E-state index in [1.807, 2.05) is 19.1 Å². The third-order valence-corrected chi connectivity index (χ3v) is 1.23. The zero-order valence-corrected chi connectivity index (χ0v) is 6.72. The van der Waals surface area contributed by atoms with E-state index >= 15 is 0 Å². The molecule has 0 aromatic carbocycles. The zero-order chi connectivity index (χ0) is 7.82. The van der Waals surface area contributed by atoms with E-state index in [1.54, 1.807) is 0 Å². The van der Waals surface area contributed by atoms with Crippen molar-refractivity contribution in [3.63, 3.8) is 0 Å². The molecule has 0 aliphatic heterocycles. The molecule has 10 heavy (non-hydrogen) atoms. The van der Waals surface area contributed by atoms with E-state index < -0.39 is 0 Å². The van der Waals surface area contributed by atoms with Gasteiger partial charge in [0.2, 0.25) is 0 Å². The summed E-state index contributed by atoms with van der Waals surface area (Å²) in [5.41, 5.74) is 0.966. The highest BCUT2D eigenvalue weighted by atomic mass is 13.8. The maximum Gasteiger partial charge on any atom is 0.0196 e. The molecular formula is C10H14. The highest BCUT2D eigenvalue weighted by Crippen LogP contribution is 1.96. The van der Waals surface area contributed by atoms with Gasteiger partial charge in [0.15, 0.2) is 0 Å². The molecule has 0 aromatic heterocycles. The second kappa shape index (κ2) is 6.16. The van der Waals surface area contributed by atoms with Gasteiger partial charge in [0, 0.05) is 5.57 Å². The number of allylic oxidation sites excluding steroid dienone is 4. The van der Waals surface area contributed by atoms with Crippen LogP contribution in [0.2, 0.25) is 0 Å². The first kappa shape index (κ1) is 9.04. The molecule has 0 nitrogen and oxygen atoms in total. The second-order valence-electron chi connectivity index (χ2n) is 2.08. The lowest BCUT2D eigenvalue weighted by Gasteiger charge is -1.86. The average molecular weight is 134 g/mol. The van der Waals surface area contributed by atoms with E-state index in [2.05, 4.69) is 18.9 Å². The molecule has 0 heterocycles. The molecule has 0 aromatic rings. The number of hydrogen-bond donors (Lipinski definition) is 0. The van der Waals surface area contributed by atoms with Crippen molar-refractivity contribution in [2.75, 3.05) is 0 Å². The first-order valence-electron chi connectivity index (χ1n) is 3.64. The van der Waals surface area contributed by atoms with Crippen LogP contribution in [0.4, 0.5) is 0 Å².